The van der Waals surface area contributed by atoms with Gasteiger partial charge in [-0.1, -0.05) is 0 Å². The lowest BCUT2D eigenvalue weighted by Gasteiger charge is -2.29. The van der Waals surface area contributed by atoms with Crippen molar-refractivity contribution in [3.05, 3.63) is 41.7 Å². The zero-order chi connectivity index (χ0) is 18.5. The van der Waals surface area contributed by atoms with E-state index in [9.17, 15) is 14.0 Å². The molecule has 2 amide bonds. The molecule has 3 heterocycles. The molecule has 2 aromatic rings. The van der Waals surface area contributed by atoms with Crippen LogP contribution in [0.4, 0.5) is 10.1 Å². The third-order valence-electron chi connectivity index (χ3n) is 5.65. The third-order valence-corrected chi connectivity index (χ3v) is 5.65. The van der Waals surface area contributed by atoms with Crippen LogP contribution in [0.5, 0.6) is 0 Å². The van der Waals surface area contributed by atoms with E-state index in [4.69, 9.17) is 0 Å². The second-order valence-corrected chi connectivity index (χ2v) is 7.54. The number of halogens is 1. The Morgan fingerprint density at radius 2 is 1.89 bits per heavy atom. The van der Waals surface area contributed by atoms with Gasteiger partial charge in [0.25, 0.3) is 0 Å². The van der Waals surface area contributed by atoms with Crippen LogP contribution in [0, 0.1) is 11.7 Å². The monoisotopic (exact) mass is 369 g/mol. The molecule has 0 bridgehead atoms. The Labute approximate surface area is 155 Å². The predicted octanol–water partition coefficient (Wildman–Crippen LogP) is 1.69. The number of rotatable bonds is 3. The summed E-state index contributed by atoms with van der Waals surface area (Å²) in [6.45, 7) is 2.10. The molecule has 7 nitrogen and oxygen atoms in total. The van der Waals surface area contributed by atoms with Gasteiger partial charge in [-0.2, -0.15) is 0 Å². The van der Waals surface area contributed by atoms with Crippen LogP contribution in [0.15, 0.2) is 24.3 Å². The van der Waals surface area contributed by atoms with Crippen LogP contribution < -0.4 is 4.90 Å². The predicted molar refractivity (Wildman–Crippen MR) is 94.3 cm³/mol. The highest BCUT2D eigenvalue weighted by atomic mass is 19.1. The summed E-state index contributed by atoms with van der Waals surface area (Å²) in [6, 6.07) is 5.80. The smallest absolute Gasteiger partial charge is 0.228 e. The van der Waals surface area contributed by atoms with Crippen LogP contribution in [0.3, 0.4) is 0 Å². The summed E-state index contributed by atoms with van der Waals surface area (Å²) < 4.78 is 15.3. The van der Waals surface area contributed by atoms with Crippen LogP contribution in [-0.2, 0) is 22.7 Å². The number of benzene rings is 1. The fraction of sp³-hybridized carbons (Fsp3) is 0.474. The Morgan fingerprint density at radius 1 is 1.11 bits per heavy atom. The van der Waals surface area contributed by atoms with E-state index in [0.717, 1.165) is 11.6 Å². The number of carbonyl (C=O) groups is 2. The standard InChI is InChI=1S/C19H20FN5O2/c20-14-3-5-15(6-4-14)25-10-13(9-17(25)26)19(27)23-7-8-24-16(11-23)21-22-18(24)12-1-2-12/h3-6,12-13H,1-2,7-11H2. The zero-order valence-corrected chi connectivity index (χ0v) is 14.8. The lowest BCUT2D eigenvalue weighted by molar-refractivity contribution is -0.137. The molecule has 1 aromatic heterocycles. The van der Waals surface area contributed by atoms with E-state index >= 15 is 0 Å². The topological polar surface area (TPSA) is 71.3 Å². The molecule has 0 spiro atoms. The molecule has 1 unspecified atom stereocenters. The van der Waals surface area contributed by atoms with Crippen molar-refractivity contribution < 1.29 is 14.0 Å². The van der Waals surface area contributed by atoms with Crippen LogP contribution in [-0.4, -0.2) is 44.6 Å². The van der Waals surface area contributed by atoms with E-state index in [1.54, 1.807) is 21.9 Å². The van der Waals surface area contributed by atoms with Gasteiger partial charge in [0.15, 0.2) is 5.82 Å². The molecule has 2 fully saturated rings. The first-order valence-corrected chi connectivity index (χ1v) is 9.37. The molecule has 0 radical (unpaired) electrons. The summed E-state index contributed by atoms with van der Waals surface area (Å²) in [6.07, 6.45) is 2.53. The molecule has 3 aliphatic rings. The highest BCUT2D eigenvalue weighted by Crippen LogP contribution is 2.39. The molecule has 27 heavy (non-hydrogen) atoms. The van der Waals surface area contributed by atoms with Crippen molar-refractivity contribution in [2.24, 2.45) is 5.92 Å². The lowest BCUT2D eigenvalue weighted by atomic mass is 10.1. The number of hydrogen-bond donors (Lipinski definition) is 0. The van der Waals surface area contributed by atoms with Crippen molar-refractivity contribution in [2.45, 2.75) is 38.3 Å². The van der Waals surface area contributed by atoms with Gasteiger partial charge in [0, 0.05) is 37.7 Å². The highest BCUT2D eigenvalue weighted by Gasteiger charge is 2.39. The molecule has 2 aliphatic heterocycles. The van der Waals surface area contributed by atoms with Gasteiger partial charge in [0.05, 0.1) is 12.5 Å². The maximum Gasteiger partial charge on any atom is 0.228 e. The van der Waals surface area contributed by atoms with Gasteiger partial charge in [-0.3, -0.25) is 9.59 Å². The minimum Gasteiger partial charge on any atom is -0.333 e. The number of anilines is 1. The average molecular weight is 369 g/mol. The van der Waals surface area contributed by atoms with Gasteiger partial charge in [-0.05, 0) is 37.1 Å². The molecule has 1 atom stereocenters. The van der Waals surface area contributed by atoms with E-state index in [0.29, 0.717) is 37.8 Å². The average Bonchev–Trinajstić information content (AvgIpc) is 3.32. The summed E-state index contributed by atoms with van der Waals surface area (Å²) in [5.41, 5.74) is 0.629. The minimum absolute atomic E-state index is 0.0183. The summed E-state index contributed by atoms with van der Waals surface area (Å²) in [7, 11) is 0. The van der Waals surface area contributed by atoms with Crippen molar-refractivity contribution in [3.63, 3.8) is 0 Å². The molecule has 8 heteroatoms. The number of nitrogens with zero attached hydrogens (tertiary/aromatic N) is 5. The second-order valence-electron chi connectivity index (χ2n) is 7.54. The van der Waals surface area contributed by atoms with Crippen LogP contribution in [0.2, 0.25) is 0 Å². The van der Waals surface area contributed by atoms with Gasteiger partial charge in [0.2, 0.25) is 11.8 Å². The van der Waals surface area contributed by atoms with E-state index < -0.39 is 0 Å². The molecule has 1 aromatic carbocycles. The van der Waals surface area contributed by atoms with Crippen LogP contribution in [0.25, 0.3) is 0 Å². The number of fused-ring (bicyclic) bond motifs is 1. The number of aromatic nitrogens is 3. The van der Waals surface area contributed by atoms with E-state index in [2.05, 4.69) is 14.8 Å². The fourth-order valence-corrected chi connectivity index (χ4v) is 4.01. The molecule has 1 saturated carbocycles. The molecular formula is C19H20FN5O2. The van der Waals surface area contributed by atoms with Crippen LogP contribution >= 0.6 is 0 Å². The van der Waals surface area contributed by atoms with Gasteiger partial charge < -0.3 is 14.4 Å². The van der Waals surface area contributed by atoms with Crippen molar-refractivity contribution >= 4 is 17.5 Å². The van der Waals surface area contributed by atoms with E-state index in [1.807, 2.05) is 0 Å². The number of hydrogen-bond acceptors (Lipinski definition) is 4. The molecule has 0 N–H and O–H groups in total. The quantitative estimate of drug-likeness (QED) is 0.826. The normalized spacial score (nSPS) is 22.3. The summed E-state index contributed by atoms with van der Waals surface area (Å²) >= 11 is 0. The largest absolute Gasteiger partial charge is 0.333 e. The first kappa shape index (κ1) is 16.4. The Bertz CT molecular complexity index is 905. The summed E-state index contributed by atoms with van der Waals surface area (Å²) in [5.74, 6) is 1.57. The van der Waals surface area contributed by atoms with Crippen molar-refractivity contribution in [2.75, 3.05) is 18.0 Å². The maximum atomic E-state index is 13.1. The zero-order valence-electron chi connectivity index (χ0n) is 14.8. The molecule has 1 aliphatic carbocycles. The van der Waals surface area contributed by atoms with Gasteiger partial charge in [0.1, 0.15) is 11.6 Å². The number of carbonyl (C=O) groups excluding carboxylic acids is 2. The first-order valence-electron chi connectivity index (χ1n) is 9.37. The van der Waals surface area contributed by atoms with Crippen molar-refractivity contribution in [1.29, 1.82) is 0 Å². The Kier molecular flexibility index (Phi) is 3.73. The third kappa shape index (κ3) is 2.89. The van der Waals surface area contributed by atoms with Gasteiger partial charge in [-0.25, -0.2) is 4.39 Å². The SMILES string of the molecule is O=C(C1CC(=O)N(c2ccc(F)cc2)C1)N1CCn2c(nnc2C2CC2)C1. The van der Waals surface area contributed by atoms with E-state index in [-0.39, 0.29) is 30.0 Å². The lowest BCUT2D eigenvalue weighted by Crippen LogP contribution is -2.42. The maximum absolute atomic E-state index is 13.1. The van der Waals surface area contributed by atoms with Crippen LogP contribution in [0.1, 0.15) is 36.8 Å². The summed E-state index contributed by atoms with van der Waals surface area (Å²) in [4.78, 5) is 28.7. The Morgan fingerprint density at radius 3 is 2.63 bits per heavy atom. The van der Waals surface area contributed by atoms with Crippen molar-refractivity contribution in [3.8, 4) is 0 Å². The van der Waals surface area contributed by atoms with Gasteiger partial charge >= 0.3 is 0 Å². The minimum atomic E-state index is -0.375. The van der Waals surface area contributed by atoms with Crippen molar-refractivity contribution in [1.82, 2.24) is 19.7 Å². The van der Waals surface area contributed by atoms with E-state index in [1.165, 1.54) is 25.0 Å². The first-order chi connectivity index (χ1) is 13.1. The Hall–Kier alpha value is -2.77. The van der Waals surface area contributed by atoms with Gasteiger partial charge in [-0.15, -0.1) is 10.2 Å². The summed E-state index contributed by atoms with van der Waals surface area (Å²) in [5, 5.41) is 8.57. The second kappa shape index (κ2) is 6.14. The molecule has 1 saturated heterocycles. The highest BCUT2D eigenvalue weighted by molar-refractivity contribution is 6.00. The molecule has 5 rings (SSSR count). The Balaban J connectivity index is 1.28. The molecule has 140 valence electrons. The fourth-order valence-electron chi connectivity index (χ4n) is 4.01. The molecular weight excluding hydrogens is 349 g/mol. The number of amides is 2.